The van der Waals surface area contributed by atoms with Crippen molar-refractivity contribution in [1.29, 1.82) is 0 Å². The molecule has 1 aromatic heterocycles. The molecule has 2 rings (SSSR count). The zero-order valence-electron chi connectivity index (χ0n) is 11.8. The summed E-state index contributed by atoms with van der Waals surface area (Å²) in [6, 6.07) is 0.123. The molecule has 0 unspecified atom stereocenters. The van der Waals surface area contributed by atoms with Gasteiger partial charge < -0.3 is 4.57 Å². The molecular weight excluding hydrogens is 342 g/mol. The van der Waals surface area contributed by atoms with Gasteiger partial charge in [-0.3, -0.25) is 0 Å². The second-order valence-electron chi connectivity index (χ2n) is 5.14. The predicted molar refractivity (Wildman–Crippen MR) is 82.5 cm³/mol. The van der Waals surface area contributed by atoms with Gasteiger partial charge in [0.2, 0.25) is 0 Å². The standard InChI is InChI=1S/C13H22BrN3O2S/c1-2-16-10-13(15-11-16)20(18,19)17(9-8-14)12-6-4-3-5-7-12/h10-12H,2-9H2,1H3. The van der Waals surface area contributed by atoms with Crippen LogP contribution in [0.4, 0.5) is 0 Å². The molecule has 1 heterocycles. The normalized spacial score (nSPS) is 17.8. The molecule has 1 aromatic rings. The number of hydrogen-bond donors (Lipinski definition) is 0. The lowest BCUT2D eigenvalue weighted by molar-refractivity contribution is 0.262. The van der Waals surface area contributed by atoms with E-state index in [1.807, 2.05) is 6.92 Å². The van der Waals surface area contributed by atoms with Crippen LogP contribution in [0.25, 0.3) is 0 Å². The highest BCUT2D eigenvalue weighted by Gasteiger charge is 2.33. The third-order valence-corrected chi connectivity index (χ3v) is 6.03. The van der Waals surface area contributed by atoms with Gasteiger partial charge in [-0.25, -0.2) is 13.4 Å². The van der Waals surface area contributed by atoms with Gasteiger partial charge in [0, 0.05) is 30.7 Å². The fourth-order valence-electron chi connectivity index (χ4n) is 2.72. The smallest absolute Gasteiger partial charge is 0.262 e. The van der Waals surface area contributed by atoms with Gasteiger partial charge in [0.1, 0.15) is 0 Å². The largest absolute Gasteiger partial charge is 0.336 e. The number of rotatable bonds is 6. The summed E-state index contributed by atoms with van der Waals surface area (Å²) in [5.41, 5.74) is 0. The number of aryl methyl sites for hydroxylation is 1. The van der Waals surface area contributed by atoms with E-state index in [1.54, 1.807) is 21.4 Å². The van der Waals surface area contributed by atoms with Gasteiger partial charge in [0.05, 0.1) is 6.33 Å². The summed E-state index contributed by atoms with van der Waals surface area (Å²) in [5, 5.41) is 0.822. The summed E-state index contributed by atoms with van der Waals surface area (Å²) in [7, 11) is -3.48. The molecule has 0 radical (unpaired) electrons. The average molecular weight is 364 g/mol. The van der Waals surface area contributed by atoms with Gasteiger partial charge >= 0.3 is 0 Å². The minimum Gasteiger partial charge on any atom is -0.336 e. The van der Waals surface area contributed by atoms with Crippen molar-refractivity contribution in [3.05, 3.63) is 12.5 Å². The molecule has 0 spiro atoms. The topological polar surface area (TPSA) is 55.2 Å². The second-order valence-corrected chi connectivity index (χ2v) is 7.77. The van der Waals surface area contributed by atoms with Gasteiger partial charge in [-0.15, -0.1) is 0 Å². The molecule has 20 heavy (non-hydrogen) atoms. The highest BCUT2D eigenvalue weighted by atomic mass is 79.9. The molecule has 0 saturated heterocycles. The molecule has 114 valence electrons. The van der Waals surface area contributed by atoms with Crippen LogP contribution >= 0.6 is 15.9 Å². The van der Waals surface area contributed by atoms with Crippen LogP contribution in [0.15, 0.2) is 17.6 Å². The quantitative estimate of drug-likeness (QED) is 0.730. The second kappa shape index (κ2) is 7.04. The van der Waals surface area contributed by atoms with E-state index < -0.39 is 10.0 Å². The Bertz CT molecular complexity index is 523. The zero-order chi connectivity index (χ0) is 14.6. The molecule has 1 fully saturated rings. The van der Waals surface area contributed by atoms with Gasteiger partial charge in [0.25, 0.3) is 10.0 Å². The molecule has 0 aliphatic heterocycles. The summed E-state index contributed by atoms with van der Waals surface area (Å²) in [6.45, 7) is 3.20. The van der Waals surface area contributed by atoms with E-state index in [1.165, 1.54) is 6.42 Å². The van der Waals surface area contributed by atoms with Crippen molar-refractivity contribution in [2.75, 3.05) is 11.9 Å². The third kappa shape index (κ3) is 3.43. The molecular formula is C13H22BrN3O2S. The molecule has 1 saturated carbocycles. The summed E-state index contributed by atoms with van der Waals surface area (Å²) in [6.07, 6.45) is 8.56. The van der Waals surface area contributed by atoms with Crippen molar-refractivity contribution < 1.29 is 8.42 Å². The van der Waals surface area contributed by atoms with Crippen LogP contribution in [0.5, 0.6) is 0 Å². The Balaban J connectivity index is 2.26. The van der Waals surface area contributed by atoms with Crippen LogP contribution in [-0.2, 0) is 16.6 Å². The molecule has 0 amide bonds. The highest BCUT2D eigenvalue weighted by Crippen LogP contribution is 2.27. The lowest BCUT2D eigenvalue weighted by Crippen LogP contribution is -2.42. The first-order valence-corrected chi connectivity index (χ1v) is 9.75. The Hall–Kier alpha value is -0.400. The minimum atomic E-state index is -3.48. The zero-order valence-corrected chi connectivity index (χ0v) is 14.2. The lowest BCUT2D eigenvalue weighted by Gasteiger charge is -2.32. The van der Waals surface area contributed by atoms with Gasteiger partial charge in [-0.05, 0) is 19.8 Å². The van der Waals surface area contributed by atoms with Crippen molar-refractivity contribution in [3.63, 3.8) is 0 Å². The van der Waals surface area contributed by atoms with E-state index in [9.17, 15) is 8.42 Å². The van der Waals surface area contributed by atoms with Crippen molar-refractivity contribution in [3.8, 4) is 0 Å². The Morgan fingerprint density at radius 2 is 2.10 bits per heavy atom. The molecule has 0 aromatic carbocycles. The molecule has 0 atom stereocenters. The third-order valence-electron chi connectivity index (χ3n) is 3.83. The summed E-state index contributed by atoms with van der Waals surface area (Å²) < 4.78 is 29.0. The molecule has 1 aliphatic rings. The van der Waals surface area contributed by atoms with E-state index in [0.717, 1.165) is 32.2 Å². The molecule has 5 nitrogen and oxygen atoms in total. The van der Waals surface area contributed by atoms with E-state index in [-0.39, 0.29) is 11.1 Å². The maximum absolute atomic E-state index is 12.8. The van der Waals surface area contributed by atoms with Crippen molar-refractivity contribution in [2.45, 2.75) is 56.6 Å². The van der Waals surface area contributed by atoms with Crippen molar-refractivity contribution in [1.82, 2.24) is 13.9 Å². The Kier molecular flexibility index (Phi) is 5.63. The van der Waals surface area contributed by atoms with Crippen LogP contribution in [-0.4, -0.2) is 40.2 Å². The van der Waals surface area contributed by atoms with E-state index in [0.29, 0.717) is 11.9 Å². The number of sulfonamides is 1. The molecule has 0 bridgehead atoms. The SMILES string of the molecule is CCn1cnc(S(=O)(=O)N(CCBr)C2CCCCC2)c1. The number of aromatic nitrogens is 2. The first-order chi connectivity index (χ1) is 9.59. The Morgan fingerprint density at radius 1 is 1.40 bits per heavy atom. The van der Waals surface area contributed by atoms with Crippen molar-refractivity contribution >= 4 is 26.0 Å². The van der Waals surface area contributed by atoms with Crippen LogP contribution in [0, 0.1) is 0 Å². The van der Waals surface area contributed by atoms with E-state index in [2.05, 4.69) is 20.9 Å². The Labute approximate surface area is 129 Å². The van der Waals surface area contributed by atoms with E-state index in [4.69, 9.17) is 0 Å². The van der Waals surface area contributed by atoms with Gasteiger partial charge in [-0.1, -0.05) is 35.2 Å². The highest BCUT2D eigenvalue weighted by molar-refractivity contribution is 9.09. The summed E-state index contributed by atoms with van der Waals surface area (Å²) in [4.78, 5) is 4.07. The van der Waals surface area contributed by atoms with Crippen LogP contribution in [0.1, 0.15) is 39.0 Å². The minimum absolute atomic E-state index is 0.123. The molecule has 0 N–H and O–H groups in total. The molecule has 7 heteroatoms. The number of nitrogens with zero attached hydrogens (tertiary/aromatic N) is 3. The number of imidazole rings is 1. The lowest BCUT2D eigenvalue weighted by atomic mass is 9.95. The Morgan fingerprint density at radius 3 is 2.65 bits per heavy atom. The number of halogens is 1. The first kappa shape index (κ1) is 16.0. The average Bonchev–Trinajstić information content (AvgIpc) is 2.95. The molecule has 1 aliphatic carbocycles. The van der Waals surface area contributed by atoms with Crippen LogP contribution < -0.4 is 0 Å². The predicted octanol–water partition coefficient (Wildman–Crippen LogP) is 2.62. The summed E-state index contributed by atoms with van der Waals surface area (Å²) in [5.74, 6) is 0. The van der Waals surface area contributed by atoms with E-state index >= 15 is 0 Å². The fourth-order valence-corrected chi connectivity index (χ4v) is 4.96. The van der Waals surface area contributed by atoms with Crippen LogP contribution in [0.3, 0.4) is 0 Å². The first-order valence-electron chi connectivity index (χ1n) is 7.19. The number of alkyl halides is 1. The monoisotopic (exact) mass is 363 g/mol. The van der Waals surface area contributed by atoms with Crippen molar-refractivity contribution in [2.24, 2.45) is 0 Å². The van der Waals surface area contributed by atoms with Crippen LogP contribution in [0.2, 0.25) is 0 Å². The number of hydrogen-bond acceptors (Lipinski definition) is 3. The van der Waals surface area contributed by atoms with Gasteiger partial charge in [0.15, 0.2) is 5.03 Å². The fraction of sp³-hybridized carbons (Fsp3) is 0.769. The maximum Gasteiger partial charge on any atom is 0.262 e. The summed E-state index contributed by atoms with van der Waals surface area (Å²) >= 11 is 3.37. The maximum atomic E-state index is 12.8. The van der Waals surface area contributed by atoms with Gasteiger partial charge in [-0.2, -0.15) is 4.31 Å².